The van der Waals surface area contributed by atoms with Crippen LogP contribution >= 0.6 is 0 Å². The summed E-state index contributed by atoms with van der Waals surface area (Å²) in [6, 6.07) is 13.0. The molecule has 1 saturated heterocycles. The Hall–Kier alpha value is -3.48. The van der Waals surface area contributed by atoms with Crippen LogP contribution in [0.15, 0.2) is 54.2 Å². The monoisotopic (exact) mass is 383 g/mol. The van der Waals surface area contributed by atoms with Crippen molar-refractivity contribution < 1.29 is 28.5 Å². The average Bonchev–Trinajstić information content (AvgIpc) is 2.66. The van der Waals surface area contributed by atoms with E-state index in [0.717, 1.165) is 11.1 Å². The maximum atomic E-state index is 12.0. The highest BCUT2D eigenvalue weighted by Crippen LogP contribution is 2.34. The molecule has 0 unspecified atom stereocenters. The zero-order chi connectivity index (χ0) is 20.3. The summed E-state index contributed by atoms with van der Waals surface area (Å²) < 4.78 is 20.8. The molecule has 2 aromatic rings. The molecule has 1 N–H and O–H groups in total. The molecule has 2 aromatic carbocycles. The van der Waals surface area contributed by atoms with Crippen molar-refractivity contribution in [3.8, 4) is 22.6 Å². The molecular weight excluding hydrogens is 362 g/mol. The molecule has 0 bridgehead atoms. The van der Waals surface area contributed by atoms with Gasteiger partial charge in [0.25, 0.3) is 5.79 Å². The summed E-state index contributed by atoms with van der Waals surface area (Å²) >= 11 is 0. The summed E-state index contributed by atoms with van der Waals surface area (Å²) in [4.78, 5) is 24.0. The lowest BCUT2D eigenvalue weighted by Crippen LogP contribution is -2.42. The van der Waals surface area contributed by atoms with Gasteiger partial charge in [-0.3, -0.25) is 0 Å². The Morgan fingerprint density at radius 1 is 0.964 bits per heavy atom. The molecular formula is C21H21NO6. The van der Waals surface area contributed by atoms with Crippen LogP contribution in [-0.4, -0.2) is 31.9 Å². The minimum atomic E-state index is -1.27. The number of methoxy groups -OCH3 is 2. The number of carbonyl (C=O) groups excluding carboxylic acids is 2. The number of rotatable bonds is 5. The van der Waals surface area contributed by atoms with Crippen LogP contribution in [0.3, 0.4) is 0 Å². The fourth-order valence-corrected chi connectivity index (χ4v) is 2.75. The van der Waals surface area contributed by atoms with Gasteiger partial charge in [-0.15, -0.1) is 0 Å². The van der Waals surface area contributed by atoms with Crippen molar-refractivity contribution in [2.24, 2.45) is 0 Å². The van der Waals surface area contributed by atoms with Crippen molar-refractivity contribution in [3.63, 3.8) is 0 Å². The maximum absolute atomic E-state index is 12.0. The molecule has 1 fully saturated rings. The molecule has 0 atom stereocenters. The third-order valence-electron chi connectivity index (χ3n) is 4.08. The van der Waals surface area contributed by atoms with Gasteiger partial charge in [-0.2, -0.15) is 0 Å². The fraction of sp³-hybridized carbons (Fsp3) is 0.238. The summed E-state index contributed by atoms with van der Waals surface area (Å²) in [5.41, 5.74) is 2.23. The number of hydrogen-bond acceptors (Lipinski definition) is 7. The lowest BCUT2D eigenvalue weighted by Gasteiger charge is -2.29. The van der Waals surface area contributed by atoms with E-state index in [1.54, 1.807) is 26.4 Å². The smallest absolute Gasteiger partial charge is 0.350 e. The number of benzene rings is 2. The van der Waals surface area contributed by atoms with E-state index in [0.29, 0.717) is 17.2 Å². The first kappa shape index (κ1) is 19.3. The molecule has 7 nitrogen and oxygen atoms in total. The van der Waals surface area contributed by atoms with Crippen LogP contribution in [0.5, 0.6) is 11.5 Å². The van der Waals surface area contributed by atoms with Gasteiger partial charge in [-0.05, 0) is 29.8 Å². The highest BCUT2D eigenvalue weighted by Gasteiger charge is 2.38. The van der Waals surface area contributed by atoms with Crippen molar-refractivity contribution in [1.82, 2.24) is 0 Å². The van der Waals surface area contributed by atoms with Gasteiger partial charge in [0.1, 0.15) is 11.5 Å². The maximum Gasteiger partial charge on any atom is 0.350 e. The number of anilines is 1. The van der Waals surface area contributed by atoms with Crippen molar-refractivity contribution >= 4 is 17.6 Å². The first-order valence-electron chi connectivity index (χ1n) is 8.59. The average molecular weight is 383 g/mol. The second-order valence-corrected chi connectivity index (χ2v) is 6.53. The Balaban J connectivity index is 1.85. The summed E-state index contributed by atoms with van der Waals surface area (Å²) in [6.45, 7) is 3.00. The predicted molar refractivity (Wildman–Crippen MR) is 103 cm³/mol. The molecule has 0 aliphatic carbocycles. The summed E-state index contributed by atoms with van der Waals surface area (Å²) in [6.07, 6.45) is 1.28. The van der Waals surface area contributed by atoms with Gasteiger partial charge >= 0.3 is 11.9 Å². The Labute approximate surface area is 162 Å². The Bertz CT molecular complexity index is 926. The van der Waals surface area contributed by atoms with Crippen LogP contribution in [0, 0.1) is 0 Å². The van der Waals surface area contributed by atoms with Crippen LogP contribution in [0.25, 0.3) is 11.1 Å². The summed E-state index contributed by atoms with van der Waals surface area (Å²) in [5, 5.41) is 2.94. The third-order valence-corrected chi connectivity index (χ3v) is 4.08. The first-order valence-corrected chi connectivity index (χ1v) is 8.59. The predicted octanol–water partition coefficient (Wildman–Crippen LogP) is 3.50. The second kappa shape index (κ2) is 7.64. The van der Waals surface area contributed by atoms with Crippen LogP contribution in [0.1, 0.15) is 13.8 Å². The van der Waals surface area contributed by atoms with Gasteiger partial charge in [0.15, 0.2) is 5.57 Å². The molecule has 0 aromatic heterocycles. The van der Waals surface area contributed by atoms with E-state index in [4.69, 9.17) is 18.9 Å². The molecule has 1 aliphatic rings. The molecule has 0 amide bonds. The van der Waals surface area contributed by atoms with Gasteiger partial charge in [0, 0.05) is 37.4 Å². The van der Waals surface area contributed by atoms with Crippen molar-refractivity contribution in [2.75, 3.05) is 19.5 Å². The van der Waals surface area contributed by atoms with Gasteiger partial charge in [-0.25, -0.2) is 9.59 Å². The zero-order valence-electron chi connectivity index (χ0n) is 16.1. The number of hydrogen-bond donors (Lipinski definition) is 1. The van der Waals surface area contributed by atoms with Gasteiger partial charge in [0.05, 0.1) is 14.2 Å². The number of nitrogens with one attached hydrogen (secondary N) is 1. The van der Waals surface area contributed by atoms with E-state index >= 15 is 0 Å². The Morgan fingerprint density at radius 2 is 1.68 bits per heavy atom. The second-order valence-electron chi connectivity index (χ2n) is 6.53. The zero-order valence-corrected chi connectivity index (χ0v) is 16.1. The number of esters is 2. The van der Waals surface area contributed by atoms with Crippen LogP contribution in [-0.2, 0) is 19.1 Å². The Morgan fingerprint density at radius 3 is 2.32 bits per heavy atom. The molecule has 1 heterocycles. The standard InChI is InChI=1S/C21H21NO6/c1-21(2)27-19(23)17(20(24)28-21)12-22-14-7-5-6-13(10-14)16-9-8-15(25-3)11-18(16)26-4/h5-12,22H,1-4H3. The molecule has 1 aliphatic heterocycles. The molecule has 0 radical (unpaired) electrons. The normalized spacial score (nSPS) is 15.4. The number of carbonyl (C=O) groups is 2. The topological polar surface area (TPSA) is 83.1 Å². The molecule has 146 valence electrons. The highest BCUT2D eigenvalue weighted by atomic mass is 16.7. The minimum absolute atomic E-state index is 0.202. The fourth-order valence-electron chi connectivity index (χ4n) is 2.75. The lowest BCUT2D eigenvalue weighted by atomic mass is 10.0. The SMILES string of the molecule is COc1ccc(-c2cccc(NC=C3C(=O)OC(C)(C)OC3=O)c2)c(OC)c1. The van der Waals surface area contributed by atoms with E-state index in [2.05, 4.69) is 5.32 Å². The van der Waals surface area contributed by atoms with Crippen LogP contribution < -0.4 is 14.8 Å². The summed E-state index contributed by atoms with van der Waals surface area (Å²) in [5.74, 6) is -1.38. The minimum Gasteiger partial charge on any atom is -0.497 e. The molecule has 3 rings (SSSR count). The highest BCUT2D eigenvalue weighted by molar-refractivity contribution is 6.15. The molecule has 0 saturated carbocycles. The third kappa shape index (κ3) is 4.09. The van der Waals surface area contributed by atoms with Crippen molar-refractivity contribution in [2.45, 2.75) is 19.6 Å². The molecule has 0 spiro atoms. The lowest BCUT2D eigenvalue weighted by molar-refractivity contribution is -0.222. The van der Waals surface area contributed by atoms with E-state index in [1.165, 1.54) is 20.0 Å². The number of ether oxygens (including phenoxy) is 4. The van der Waals surface area contributed by atoms with Gasteiger partial charge < -0.3 is 24.3 Å². The first-order chi connectivity index (χ1) is 13.3. The van der Waals surface area contributed by atoms with Crippen LogP contribution in [0.4, 0.5) is 5.69 Å². The van der Waals surface area contributed by atoms with Crippen molar-refractivity contribution in [1.29, 1.82) is 0 Å². The van der Waals surface area contributed by atoms with E-state index in [1.807, 2.05) is 30.3 Å². The van der Waals surface area contributed by atoms with Gasteiger partial charge in [-0.1, -0.05) is 12.1 Å². The van der Waals surface area contributed by atoms with Crippen LogP contribution in [0.2, 0.25) is 0 Å². The quantitative estimate of drug-likeness (QED) is 0.481. The van der Waals surface area contributed by atoms with Gasteiger partial charge in [0.2, 0.25) is 0 Å². The summed E-state index contributed by atoms with van der Waals surface area (Å²) in [7, 11) is 3.18. The largest absolute Gasteiger partial charge is 0.497 e. The molecule has 28 heavy (non-hydrogen) atoms. The van der Waals surface area contributed by atoms with E-state index < -0.39 is 17.7 Å². The molecule has 7 heteroatoms. The number of cyclic esters (lactones) is 2. The Kier molecular flexibility index (Phi) is 5.26. The van der Waals surface area contributed by atoms with E-state index in [-0.39, 0.29) is 5.57 Å². The van der Waals surface area contributed by atoms with Crippen molar-refractivity contribution in [3.05, 3.63) is 54.2 Å². The van der Waals surface area contributed by atoms with E-state index in [9.17, 15) is 9.59 Å².